The molecule has 1 aliphatic rings. The second-order valence-electron chi connectivity index (χ2n) is 6.29. The minimum Gasteiger partial charge on any atom is -0.469 e. The van der Waals surface area contributed by atoms with Crippen LogP contribution in [0, 0.1) is 5.92 Å². The molecular weight excluding hydrogens is 304 g/mol. The van der Waals surface area contributed by atoms with E-state index in [1.54, 1.807) is 6.20 Å². The topological polar surface area (TPSA) is 68.7 Å². The quantitative estimate of drug-likeness (QED) is 0.795. The molecule has 0 atom stereocenters. The van der Waals surface area contributed by atoms with Crippen molar-refractivity contribution in [3.63, 3.8) is 0 Å². The van der Waals surface area contributed by atoms with Gasteiger partial charge in [-0.3, -0.25) is 4.79 Å². The Morgan fingerprint density at radius 1 is 1.32 bits per heavy atom. The molecule has 2 rings (SSSR count). The summed E-state index contributed by atoms with van der Waals surface area (Å²) in [5, 5.41) is 0.796. The molecular formula is C15H22N2O4S. The van der Waals surface area contributed by atoms with Gasteiger partial charge in [-0.05, 0) is 33.6 Å². The highest BCUT2D eigenvalue weighted by Gasteiger charge is 2.27. The first-order valence-corrected chi connectivity index (χ1v) is 8.14. The molecule has 0 bridgehead atoms. The van der Waals surface area contributed by atoms with Gasteiger partial charge < -0.3 is 14.4 Å². The van der Waals surface area contributed by atoms with E-state index in [9.17, 15) is 9.59 Å². The van der Waals surface area contributed by atoms with Crippen LogP contribution in [0.5, 0.6) is 0 Å². The van der Waals surface area contributed by atoms with Gasteiger partial charge in [0.2, 0.25) is 0 Å². The van der Waals surface area contributed by atoms with Gasteiger partial charge in [0.1, 0.15) is 10.5 Å². The molecule has 0 spiro atoms. The van der Waals surface area contributed by atoms with E-state index in [0.717, 1.165) is 31.1 Å². The van der Waals surface area contributed by atoms with Crippen molar-refractivity contribution in [2.24, 2.45) is 5.92 Å². The molecule has 0 aliphatic carbocycles. The molecule has 0 N–H and O–H groups in total. The number of carbonyl (C=O) groups excluding carboxylic acids is 2. The Morgan fingerprint density at radius 2 is 1.95 bits per heavy atom. The first kappa shape index (κ1) is 16.7. The third kappa shape index (κ3) is 4.19. The third-order valence-electron chi connectivity index (χ3n) is 3.39. The van der Waals surface area contributed by atoms with Gasteiger partial charge in [0, 0.05) is 13.1 Å². The summed E-state index contributed by atoms with van der Waals surface area (Å²) in [7, 11) is 1.42. The van der Waals surface area contributed by atoms with Crippen LogP contribution in [0.1, 0.15) is 43.3 Å². The number of aromatic nitrogens is 1. The van der Waals surface area contributed by atoms with Crippen LogP contribution < -0.4 is 4.90 Å². The Kier molecular flexibility index (Phi) is 5.05. The summed E-state index contributed by atoms with van der Waals surface area (Å²) >= 11 is 1.33. The molecule has 1 saturated heterocycles. The van der Waals surface area contributed by atoms with Crippen LogP contribution in [-0.2, 0) is 14.3 Å². The molecule has 1 aromatic heterocycles. The SMILES string of the molecule is COC(=O)C1CCN(c2ncc(C(=O)OC(C)(C)C)s2)CC1. The van der Waals surface area contributed by atoms with Crippen LogP contribution in [0.3, 0.4) is 0 Å². The summed E-state index contributed by atoms with van der Waals surface area (Å²) in [4.78, 5) is 30.4. The molecule has 7 heteroatoms. The fourth-order valence-electron chi connectivity index (χ4n) is 2.31. The predicted molar refractivity (Wildman–Crippen MR) is 84.2 cm³/mol. The van der Waals surface area contributed by atoms with E-state index in [2.05, 4.69) is 9.88 Å². The van der Waals surface area contributed by atoms with Crippen molar-refractivity contribution in [1.29, 1.82) is 0 Å². The van der Waals surface area contributed by atoms with Gasteiger partial charge >= 0.3 is 11.9 Å². The smallest absolute Gasteiger partial charge is 0.350 e. The van der Waals surface area contributed by atoms with E-state index in [-0.39, 0.29) is 17.9 Å². The Balaban J connectivity index is 1.95. The number of hydrogen-bond acceptors (Lipinski definition) is 7. The molecule has 1 aliphatic heterocycles. The van der Waals surface area contributed by atoms with Crippen molar-refractivity contribution in [2.45, 2.75) is 39.2 Å². The second kappa shape index (κ2) is 6.64. The van der Waals surface area contributed by atoms with Gasteiger partial charge in [-0.25, -0.2) is 9.78 Å². The zero-order valence-corrected chi connectivity index (χ0v) is 14.2. The normalized spacial score (nSPS) is 16.5. The van der Waals surface area contributed by atoms with Crippen LogP contribution in [0.15, 0.2) is 6.20 Å². The molecule has 0 aromatic carbocycles. The molecule has 0 amide bonds. The molecule has 1 aromatic rings. The first-order valence-electron chi connectivity index (χ1n) is 7.32. The molecule has 6 nitrogen and oxygen atoms in total. The minimum absolute atomic E-state index is 0.0356. The zero-order chi connectivity index (χ0) is 16.3. The molecule has 122 valence electrons. The molecule has 0 unspecified atom stereocenters. The highest BCUT2D eigenvalue weighted by molar-refractivity contribution is 7.17. The largest absolute Gasteiger partial charge is 0.469 e. The molecule has 22 heavy (non-hydrogen) atoms. The lowest BCUT2D eigenvalue weighted by Crippen LogP contribution is -2.36. The van der Waals surface area contributed by atoms with Crippen molar-refractivity contribution < 1.29 is 19.1 Å². The summed E-state index contributed by atoms with van der Waals surface area (Å²) < 4.78 is 10.1. The zero-order valence-electron chi connectivity index (χ0n) is 13.4. The Hall–Kier alpha value is -1.63. The van der Waals surface area contributed by atoms with Gasteiger partial charge in [0.05, 0.1) is 19.2 Å². The maximum atomic E-state index is 12.0. The lowest BCUT2D eigenvalue weighted by atomic mass is 9.97. The van der Waals surface area contributed by atoms with Gasteiger partial charge in [0.25, 0.3) is 0 Å². The van der Waals surface area contributed by atoms with E-state index >= 15 is 0 Å². The summed E-state index contributed by atoms with van der Waals surface area (Å²) in [6.45, 7) is 6.99. The Bertz CT molecular complexity index is 542. The van der Waals surface area contributed by atoms with Crippen LogP contribution in [-0.4, -0.2) is 42.7 Å². The maximum Gasteiger partial charge on any atom is 0.350 e. The number of ether oxygens (including phenoxy) is 2. The predicted octanol–water partition coefficient (Wildman–Crippen LogP) is 2.49. The van der Waals surface area contributed by atoms with Crippen molar-refractivity contribution >= 4 is 28.4 Å². The van der Waals surface area contributed by atoms with Crippen molar-refractivity contribution in [3.05, 3.63) is 11.1 Å². The number of nitrogens with zero attached hydrogens (tertiary/aromatic N) is 2. The van der Waals surface area contributed by atoms with E-state index in [1.807, 2.05) is 20.8 Å². The molecule has 1 fully saturated rings. The highest BCUT2D eigenvalue weighted by Crippen LogP contribution is 2.28. The van der Waals surface area contributed by atoms with Crippen molar-refractivity contribution in [3.8, 4) is 0 Å². The summed E-state index contributed by atoms with van der Waals surface area (Å²) in [6, 6.07) is 0. The lowest BCUT2D eigenvalue weighted by Gasteiger charge is -2.30. The lowest BCUT2D eigenvalue weighted by molar-refractivity contribution is -0.146. The number of piperidine rings is 1. The fraction of sp³-hybridized carbons (Fsp3) is 0.667. The van der Waals surface area contributed by atoms with Crippen molar-refractivity contribution in [1.82, 2.24) is 4.98 Å². The second-order valence-corrected chi connectivity index (χ2v) is 7.30. The van der Waals surface area contributed by atoms with Crippen LogP contribution >= 0.6 is 11.3 Å². The summed E-state index contributed by atoms with van der Waals surface area (Å²) in [6.07, 6.45) is 3.04. The van der Waals surface area contributed by atoms with Crippen LogP contribution in [0.2, 0.25) is 0 Å². The van der Waals surface area contributed by atoms with Gasteiger partial charge in [-0.2, -0.15) is 0 Å². The van der Waals surface area contributed by atoms with Crippen molar-refractivity contribution in [2.75, 3.05) is 25.1 Å². The highest BCUT2D eigenvalue weighted by atomic mass is 32.1. The summed E-state index contributed by atoms with van der Waals surface area (Å²) in [5.41, 5.74) is -0.514. The Labute approximate surface area is 134 Å². The van der Waals surface area contributed by atoms with Crippen LogP contribution in [0.25, 0.3) is 0 Å². The number of anilines is 1. The number of methoxy groups -OCH3 is 1. The standard InChI is InChI=1S/C15H22N2O4S/c1-15(2,3)21-13(19)11-9-16-14(22-11)17-7-5-10(6-8-17)12(18)20-4/h9-10H,5-8H2,1-4H3. The van der Waals surface area contributed by atoms with E-state index in [0.29, 0.717) is 4.88 Å². The maximum absolute atomic E-state index is 12.0. The fourth-order valence-corrected chi connectivity index (χ4v) is 3.15. The number of hydrogen-bond donors (Lipinski definition) is 0. The van der Waals surface area contributed by atoms with E-state index in [1.165, 1.54) is 18.4 Å². The van der Waals surface area contributed by atoms with Gasteiger partial charge in [-0.1, -0.05) is 11.3 Å². The number of carbonyl (C=O) groups is 2. The van der Waals surface area contributed by atoms with E-state index < -0.39 is 5.60 Å². The van der Waals surface area contributed by atoms with E-state index in [4.69, 9.17) is 9.47 Å². The number of thiazole rings is 1. The van der Waals surface area contributed by atoms with Gasteiger partial charge in [0.15, 0.2) is 5.13 Å². The monoisotopic (exact) mass is 326 g/mol. The van der Waals surface area contributed by atoms with Crippen LogP contribution in [0.4, 0.5) is 5.13 Å². The first-order chi connectivity index (χ1) is 10.3. The minimum atomic E-state index is -0.514. The molecule has 0 radical (unpaired) electrons. The summed E-state index contributed by atoms with van der Waals surface area (Å²) in [5.74, 6) is -0.527. The number of rotatable bonds is 3. The molecule has 2 heterocycles. The van der Waals surface area contributed by atoms with Gasteiger partial charge in [-0.15, -0.1) is 0 Å². The Morgan fingerprint density at radius 3 is 2.50 bits per heavy atom. The average Bonchev–Trinajstić information content (AvgIpc) is 2.95. The average molecular weight is 326 g/mol. The molecule has 0 saturated carbocycles. The number of esters is 2. The third-order valence-corrected chi connectivity index (χ3v) is 4.43.